The summed E-state index contributed by atoms with van der Waals surface area (Å²) < 4.78 is 16.0. The summed E-state index contributed by atoms with van der Waals surface area (Å²) in [4.78, 5) is 8.75. The molecule has 0 aliphatic heterocycles. The lowest BCUT2D eigenvalue weighted by molar-refractivity contribution is 0.475. The lowest BCUT2D eigenvalue weighted by Crippen LogP contribution is -1.99. The first kappa shape index (κ1) is 17.0. The molecule has 27 heavy (non-hydrogen) atoms. The van der Waals surface area contributed by atoms with Crippen LogP contribution in [0.2, 0.25) is 0 Å². The number of halogens is 1. The first-order valence-electron chi connectivity index (χ1n) is 8.69. The Hall–Kier alpha value is -3.41. The van der Waals surface area contributed by atoms with Gasteiger partial charge in [0.15, 0.2) is 0 Å². The minimum atomic E-state index is -0.468. The van der Waals surface area contributed by atoms with Crippen molar-refractivity contribution in [3.8, 4) is 28.3 Å². The van der Waals surface area contributed by atoms with Crippen molar-refractivity contribution in [2.24, 2.45) is 0 Å². The van der Waals surface area contributed by atoms with Gasteiger partial charge in [-0.25, -0.2) is 9.37 Å². The van der Waals surface area contributed by atoms with E-state index in [1.54, 1.807) is 0 Å². The topological polar surface area (TPSA) is 77.0 Å². The second-order valence-corrected chi connectivity index (χ2v) is 6.46. The molecule has 0 fully saturated rings. The van der Waals surface area contributed by atoms with Crippen LogP contribution in [-0.4, -0.2) is 19.6 Å². The van der Waals surface area contributed by atoms with E-state index in [4.69, 9.17) is 5.73 Å². The Kier molecular flexibility index (Phi) is 4.03. The van der Waals surface area contributed by atoms with E-state index in [1.807, 2.05) is 18.2 Å². The summed E-state index contributed by atoms with van der Waals surface area (Å²) in [7, 11) is 0. The van der Waals surface area contributed by atoms with E-state index in [0.29, 0.717) is 11.4 Å². The maximum atomic E-state index is 13.8. The molecule has 6 heteroatoms. The smallest absolute Gasteiger partial charge is 0.142 e. The number of aryl methyl sites for hydroxylation is 2. The van der Waals surface area contributed by atoms with Crippen LogP contribution in [0.15, 0.2) is 48.7 Å². The summed E-state index contributed by atoms with van der Waals surface area (Å²) in [6.45, 7) is 5.07. The second kappa shape index (κ2) is 6.39. The third-order valence-corrected chi connectivity index (χ3v) is 4.70. The van der Waals surface area contributed by atoms with Crippen molar-refractivity contribution in [1.82, 2.24) is 14.5 Å². The molecule has 0 spiro atoms. The molecule has 5 nitrogen and oxygen atoms in total. The highest BCUT2D eigenvalue weighted by Gasteiger charge is 2.17. The number of nitrogens with zero attached hydrogens (tertiary/aromatic N) is 3. The van der Waals surface area contributed by atoms with Gasteiger partial charge in [-0.1, -0.05) is 6.07 Å². The molecule has 0 unspecified atom stereocenters. The molecule has 0 bridgehead atoms. The van der Waals surface area contributed by atoms with Crippen LogP contribution < -0.4 is 5.73 Å². The van der Waals surface area contributed by atoms with Crippen LogP contribution in [0.1, 0.15) is 12.6 Å². The Morgan fingerprint density at radius 1 is 1.11 bits per heavy atom. The van der Waals surface area contributed by atoms with Gasteiger partial charge < -0.3 is 15.4 Å². The van der Waals surface area contributed by atoms with E-state index >= 15 is 0 Å². The van der Waals surface area contributed by atoms with Gasteiger partial charge in [0.1, 0.15) is 23.1 Å². The van der Waals surface area contributed by atoms with Gasteiger partial charge in [0, 0.05) is 34.3 Å². The zero-order valence-corrected chi connectivity index (χ0v) is 15.1. The molecular weight excluding hydrogens is 343 g/mol. The van der Waals surface area contributed by atoms with Gasteiger partial charge in [-0.2, -0.15) is 0 Å². The van der Waals surface area contributed by atoms with E-state index in [2.05, 4.69) is 34.4 Å². The summed E-state index contributed by atoms with van der Waals surface area (Å²) in [6.07, 6.45) is 1.46. The van der Waals surface area contributed by atoms with Gasteiger partial charge in [0.05, 0.1) is 11.9 Å². The Bertz CT molecular complexity index is 1170. The predicted octanol–water partition coefficient (Wildman–Crippen LogP) is 4.52. The van der Waals surface area contributed by atoms with Crippen LogP contribution >= 0.6 is 0 Å². The van der Waals surface area contributed by atoms with E-state index in [-0.39, 0.29) is 17.1 Å². The zero-order chi connectivity index (χ0) is 19.1. The molecular formula is C21H19FN4O. The molecule has 2 aromatic carbocycles. The first-order chi connectivity index (χ1) is 13.0. The van der Waals surface area contributed by atoms with E-state index < -0.39 is 5.82 Å². The number of phenols is 1. The van der Waals surface area contributed by atoms with Crippen molar-refractivity contribution in [2.45, 2.75) is 20.4 Å². The fourth-order valence-corrected chi connectivity index (χ4v) is 3.48. The van der Waals surface area contributed by atoms with Crippen molar-refractivity contribution in [3.63, 3.8) is 0 Å². The van der Waals surface area contributed by atoms with Crippen molar-refractivity contribution in [1.29, 1.82) is 0 Å². The standard InChI is InChI=1S/C21H19FN4O/c1-3-26-12(2)8-14-9-13(4-6-17(14)26)20-21(25-19(23)11-24-20)16-10-15(22)5-7-18(16)27/h4-11,27H,3H2,1-2H3,(H2,23,25). The number of nitrogens with two attached hydrogens (primary N) is 1. The molecule has 0 amide bonds. The fraction of sp³-hybridized carbons (Fsp3) is 0.143. The van der Waals surface area contributed by atoms with Gasteiger partial charge in [0.2, 0.25) is 0 Å². The van der Waals surface area contributed by atoms with E-state index in [0.717, 1.165) is 23.0 Å². The number of benzene rings is 2. The highest BCUT2D eigenvalue weighted by Crippen LogP contribution is 2.36. The SMILES string of the molecule is CCn1c(C)cc2cc(-c3ncc(N)nc3-c3cc(F)ccc3O)ccc21. The highest BCUT2D eigenvalue weighted by atomic mass is 19.1. The molecule has 2 heterocycles. The quantitative estimate of drug-likeness (QED) is 0.562. The number of hydrogen-bond acceptors (Lipinski definition) is 4. The number of phenolic OH excluding ortho intramolecular Hbond substituents is 1. The van der Waals surface area contributed by atoms with Crippen LogP contribution in [-0.2, 0) is 6.54 Å². The largest absolute Gasteiger partial charge is 0.507 e. The Labute approximate surface area is 155 Å². The molecule has 4 rings (SSSR count). The van der Waals surface area contributed by atoms with Crippen molar-refractivity contribution >= 4 is 16.7 Å². The molecule has 0 saturated carbocycles. The number of anilines is 1. The van der Waals surface area contributed by atoms with Crippen LogP contribution in [0.3, 0.4) is 0 Å². The van der Waals surface area contributed by atoms with Crippen molar-refractivity contribution in [2.75, 3.05) is 5.73 Å². The maximum Gasteiger partial charge on any atom is 0.142 e. The molecule has 0 aliphatic rings. The average Bonchev–Trinajstić information content (AvgIpc) is 2.97. The summed E-state index contributed by atoms with van der Waals surface area (Å²) in [5.41, 5.74) is 10.1. The molecule has 0 radical (unpaired) electrons. The summed E-state index contributed by atoms with van der Waals surface area (Å²) in [5.74, 6) is -0.345. The number of fused-ring (bicyclic) bond motifs is 1. The van der Waals surface area contributed by atoms with Gasteiger partial charge in [-0.05, 0) is 50.2 Å². The minimum absolute atomic E-state index is 0.0772. The zero-order valence-electron chi connectivity index (χ0n) is 15.1. The normalized spacial score (nSPS) is 11.2. The molecule has 0 saturated heterocycles. The molecule has 3 N–H and O–H groups in total. The van der Waals surface area contributed by atoms with Crippen LogP contribution in [0, 0.1) is 12.7 Å². The van der Waals surface area contributed by atoms with Gasteiger partial charge >= 0.3 is 0 Å². The summed E-state index contributed by atoms with van der Waals surface area (Å²) >= 11 is 0. The lowest BCUT2D eigenvalue weighted by atomic mass is 10.0. The number of nitrogen functional groups attached to an aromatic ring is 1. The molecule has 0 aliphatic carbocycles. The Morgan fingerprint density at radius 2 is 1.93 bits per heavy atom. The average molecular weight is 362 g/mol. The predicted molar refractivity (Wildman–Crippen MR) is 105 cm³/mol. The van der Waals surface area contributed by atoms with E-state index in [1.165, 1.54) is 30.1 Å². The third-order valence-electron chi connectivity index (χ3n) is 4.70. The number of aromatic hydroxyl groups is 1. The lowest BCUT2D eigenvalue weighted by Gasteiger charge is -2.11. The molecule has 136 valence electrons. The van der Waals surface area contributed by atoms with Gasteiger partial charge in [0.25, 0.3) is 0 Å². The third kappa shape index (κ3) is 2.89. The monoisotopic (exact) mass is 362 g/mol. The van der Waals surface area contributed by atoms with Crippen molar-refractivity contribution in [3.05, 3.63) is 60.2 Å². The van der Waals surface area contributed by atoms with Crippen LogP contribution in [0.4, 0.5) is 10.2 Å². The maximum absolute atomic E-state index is 13.8. The molecule has 0 atom stereocenters. The number of aromatic nitrogens is 3. The minimum Gasteiger partial charge on any atom is -0.507 e. The first-order valence-corrected chi connectivity index (χ1v) is 8.69. The number of rotatable bonds is 3. The molecule has 4 aromatic rings. The fourth-order valence-electron chi connectivity index (χ4n) is 3.48. The van der Waals surface area contributed by atoms with Crippen LogP contribution in [0.25, 0.3) is 33.4 Å². The Balaban J connectivity index is 1.95. The number of hydrogen-bond donors (Lipinski definition) is 2. The summed E-state index contributed by atoms with van der Waals surface area (Å²) in [5, 5.41) is 11.3. The van der Waals surface area contributed by atoms with Crippen molar-refractivity contribution < 1.29 is 9.50 Å². The van der Waals surface area contributed by atoms with Crippen LogP contribution in [0.5, 0.6) is 5.75 Å². The Morgan fingerprint density at radius 3 is 2.70 bits per heavy atom. The summed E-state index contributed by atoms with van der Waals surface area (Å²) in [6, 6.07) is 11.9. The highest BCUT2D eigenvalue weighted by molar-refractivity contribution is 5.89. The van der Waals surface area contributed by atoms with Gasteiger partial charge in [-0.3, -0.25) is 4.98 Å². The second-order valence-electron chi connectivity index (χ2n) is 6.46. The molecule has 2 aromatic heterocycles. The van der Waals surface area contributed by atoms with E-state index in [9.17, 15) is 9.50 Å². The van der Waals surface area contributed by atoms with Gasteiger partial charge in [-0.15, -0.1) is 0 Å².